The summed E-state index contributed by atoms with van der Waals surface area (Å²) in [5.41, 5.74) is 4.48. The molecule has 0 aliphatic rings. The van der Waals surface area contributed by atoms with Crippen LogP contribution in [0.2, 0.25) is 0 Å². The second-order valence-corrected chi connectivity index (χ2v) is 2.41. The summed E-state index contributed by atoms with van der Waals surface area (Å²) in [6.07, 6.45) is -1.62. The second-order valence-electron chi connectivity index (χ2n) is 2.41. The van der Waals surface area contributed by atoms with Gasteiger partial charge in [0.05, 0.1) is 0 Å². The van der Waals surface area contributed by atoms with Gasteiger partial charge in [-0.3, -0.25) is 4.79 Å². The molecule has 0 fully saturated rings. The number of pyridine rings is 1. The molecule has 0 unspecified atom stereocenters. The lowest BCUT2D eigenvalue weighted by Crippen LogP contribution is -2.14. The molecule has 1 aromatic heterocycles. The number of halogens is 2. The first-order valence-electron chi connectivity index (χ1n) is 3.30. The number of alkyl halides is 2. The third-order valence-electron chi connectivity index (χ3n) is 1.68. The number of hydrogen-bond donors (Lipinski definition) is 2. The van der Waals surface area contributed by atoms with Gasteiger partial charge in [0.15, 0.2) is 0 Å². The third kappa shape index (κ3) is 1.30. The molecule has 12 heavy (non-hydrogen) atoms. The van der Waals surface area contributed by atoms with Gasteiger partial charge in [-0.1, -0.05) is 0 Å². The topological polar surface area (TPSA) is 58.9 Å². The Morgan fingerprint density at radius 1 is 1.58 bits per heavy atom. The van der Waals surface area contributed by atoms with Gasteiger partial charge in [-0.15, -0.1) is 0 Å². The van der Waals surface area contributed by atoms with Gasteiger partial charge in [0, 0.05) is 11.8 Å². The van der Waals surface area contributed by atoms with Crippen molar-refractivity contribution in [2.45, 2.75) is 13.3 Å². The van der Waals surface area contributed by atoms with Crippen LogP contribution in [0, 0.1) is 6.92 Å². The van der Waals surface area contributed by atoms with Crippen LogP contribution in [0.25, 0.3) is 0 Å². The highest BCUT2D eigenvalue weighted by Gasteiger charge is 2.13. The van der Waals surface area contributed by atoms with Crippen molar-refractivity contribution in [1.82, 2.24) is 4.98 Å². The fraction of sp³-hybridized carbons (Fsp3) is 0.286. The Bertz CT molecular complexity index is 346. The molecule has 0 aliphatic heterocycles. The van der Waals surface area contributed by atoms with Crippen molar-refractivity contribution in [3.05, 3.63) is 27.7 Å². The lowest BCUT2D eigenvalue weighted by molar-refractivity contribution is 0.150. The highest BCUT2D eigenvalue weighted by atomic mass is 19.3. The third-order valence-corrected chi connectivity index (χ3v) is 1.68. The van der Waals surface area contributed by atoms with Gasteiger partial charge < -0.3 is 10.7 Å². The summed E-state index contributed by atoms with van der Waals surface area (Å²) in [6, 6.07) is 0. The number of H-pyrrole nitrogens is 1. The van der Waals surface area contributed by atoms with E-state index in [0.717, 1.165) is 6.20 Å². The minimum Gasteiger partial charge on any atom is -0.394 e. The van der Waals surface area contributed by atoms with E-state index in [2.05, 4.69) is 4.98 Å². The summed E-state index contributed by atoms with van der Waals surface area (Å²) in [6.45, 7) is 1.39. The molecule has 5 heteroatoms. The number of anilines is 1. The summed E-state index contributed by atoms with van der Waals surface area (Å²) in [7, 11) is 0. The monoisotopic (exact) mass is 174 g/mol. The lowest BCUT2D eigenvalue weighted by atomic mass is 10.1. The van der Waals surface area contributed by atoms with Gasteiger partial charge >= 0.3 is 0 Å². The van der Waals surface area contributed by atoms with E-state index in [1.54, 1.807) is 0 Å². The summed E-state index contributed by atoms with van der Waals surface area (Å²) < 4.78 is 24.3. The maximum atomic E-state index is 12.2. The summed E-state index contributed by atoms with van der Waals surface area (Å²) in [4.78, 5) is 12.9. The van der Waals surface area contributed by atoms with Crippen molar-refractivity contribution in [2.75, 3.05) is 5.73 Å². The molecule has 66 valence electrons. The molecule has 3 N–H and O–H groups in total. The molecule has 0 spiro atoms. The Balaban J connectivity index is 3.36. The van der Waals surface area contributed by atoms with Crippen molar-refractivity contribution in [3.63, 3.8) is 0 Å². The smallest absolute Gasteiger partial charge is 0.271 e. The van der Waals surface area contributed by atoms with E-state index in [-0.39, 0.29) is 16.8 Å². The van der Waals surface area contributed by atoms with Crippen molar-refractivity contribution in [1.29, 1.82) is 0 Å². The highest BCUT2D eigenvalue weighted by Crippen LogP contribution is 2.22. The van der Waals surface area contributed by atoms with Gasteiger partial charge in [-0.2, -0.15) is 0 Å². The molecule has 0 amide bonds. The van der Waals surface area contributed by atoms with Gasteiger partial charge in [0.2, 0.25) is 0 Å². The van der Waals surface area contributed by atoms with E-state index in [0.29, 0.717) is 0 Å². The predicted octanol–water partition coefficient (Wildman–Crippen LogP) is 1.20. The minimum atomic E-state index is -2.61. The van der Waals surface area contributed by atoms with Crippen LogP contribution in [0.4, 0.5) is 14.5 Å². The number of rotatable bonds is 1. The zero-order valence-electron chi connectivity index (χ0n) is 6.40. The largest absolute Gasteiger partial charge is 0.394 e. The molecule has 0 saturated heterocycles. The van der Waals surface area contributed by atoms with Crippen LogP contribution in [0.5, 0.6) is 0 Å². The van der Waals surface area contributed by atoms with E-state index in [9.17, 15) is 13.6 Å². The number of aromatic nitrogens is 1. The van der Waals surface area contributed by atoms with Crippen molar-refractivity contribution in [2.24, 2.45) is 0 Å². The zero-order valence-corrected chi connectivity index (χ0v) is 6.40. The Hall–Kier alpha value is -1.39. The number of nitrogens with one attached hydrogen (secondary N) is 1. The minimum absolute atomic E-state index is 0.146. The predicted molar refractivity (Wildman–Crippen MR) is 41.2 cm³/mol. The van der Waals surface area contributed by atoms with E-state index in [1.807, 2.05) is 0 Å². The molecule has 0 radical (unpaired) electrons. The number of nitrogen functional groups attached to an aromatic ring is 1. The Morgan fingerprint density at radius 3 is 2.67 bits per heavy atom. The molecule has 1 rings (SSSR count). The number of nitrogens with two attached hydrogens (primary N) is 1. The van der Waals surface area contributed by atoms with Gasteiger partial charge in [0.25, 0.3) is 12.0 Å². The average Bonchev–Trinajstić information content (AvgIpc) is 2.00. The van der Waals surface area contributed by atoms with Crippen LogP contribution >= 0.6 is 0 Å². The van der Waals surface area contributed by atoms with Crippen LogP contribution in [0.3, 0.4) is 0 Å². The number of hydrogen-bond acceptors (Lipinski definition) is 2. The Labute approximate surface area is 67.2 Å². The number of aromatic amines is 1. The summed E-state index contributed by atoms with van der Waals surface area (Å²) >= 11 is 0. The lowest BCUT2D eigenvalue weighted by Gasteiger charge is -2.05. The first-order valence-corrected chi connectivity index (χ1v) is 3.30. The average molecular weight is 174 g/mol. The maximum absolute atomic E-state index is 12.2. The molecular formula is C7H8F2N2O. The van der Waals surface area contributed by atoms with Crippen LogP contribution in [0.1, 0.15) is 17.6 Å². The van der Waals surface area contributed by atoms with Crippen LogP contribution in [0.15, 0.2) is 11.0 Å². The first kappa shape index (κ1) is 8.70. The fourth-order valence-corrected chi connectivity index (χ4v) is 0.882. The Kier molecular flexibility index (Phi) is 2.12. The van der Waals surface area contributed by atoms with Crippen molar-refractivity contribution < 1.29 is 8.78 Å². The summed E-state index contributed by atoms with van der Waals surface area (Å²) in [5.74, 6) is 0. The molecule has 1 aromatic rings. The standard InChI is InChI=1S/C7H8F2N2O/c1-3-4(6(8)9)2-11-7(12)5(3)10/h2,6H,10H2,1H3,(H,11,12). The van der Waals surface area contributed by atoms with E-state index in [1.165, 1.54) is 6.92 Å². The van der Waals surface area contributed by atoms with E-state index < -0.39 is 12.0 Å². The zero-order chi connectivity index (χ0) is 9.30. The molecule has 0 aliphatic carbocycles. The maximum Gasteiger partial charge on any atom is 0.271 e. The van der Waals surface area contributed by atoms with Gasteiger partial charge in [-0.05, 0) is 12.5 Å². The molecular weight excluding hydrogens is 166 g/mol. The van der Waals surface area contributed by atoms with Crippen molar-refractivity contribution >= 4 is 5.69 Å². The van der Waals surface area contributed by atoms with E-state index in [4.69, 9.17) is 5.73 Å². The normalized spacial score (nSPS) is 10.7. The van der Waals surface area contributed by atoms with Crippen LogP contribution in [-0.4, -0.2) is 4.98 Å². The molecule has 1 heterocycles. The summed E-state index contributed by atoms with van der Waals surface area (Å²) in [5, 5.41) is 0. The first-order chi connectivity index (χ1) is 5.54. The highest BCUT2D eigenvalue weighted by molar-refractivity contribution is 5.47. The van der Waals surface area contributed by atoms with E-state index >= 15 is 0 Å². The second kappa shape index (κ2) is 2.92. The van der Waals surface area contributed by atoms with Gasteiger partial charge in [-0.25, -0.2) is 8.78 Å². The van der Waals surface area contributed by atoms with Crippen LogP contribution in [-0.2, 0) is 0 Å². The molecule has 3 nitrogen and oxygen atoms in total. The SMILES string of the molecule is Cc1c(C(F)F)c[nH]c(=O)c1N. The molecule has 0 saturated carbocycles. The molecule has 0 atom stereocenters. The fourth-order valence-electron chi connectivity index (χ4n) is 0.882. The van der Waals surface area contributed by atoms with Gasteiger partial charge in [0.1, 0.15) is 5.69 Å². The Morgan fingerprint density at radius 2 is 2.17 bits per heavy atom. The van der Waals surface area contributed by atoms with Crippen LogP contribution < -0.4 is 11.3 Å². The quantitative estimate of drug-likeness (QED) is 0.672. The molecule has 0 aromatic carbocycles. The van der Waals surface area contributed by atoms with Crippen molar-refractivity contribution in [3.8, 4) is 0 Å². The molecule has 0 bridgehead atoms.